The minimum absolute atomic E-state index is 0.0682. The normalized spacial score (nSPS) is 15.5. The lowest BCUT2D eigenvalue weighted by atomic mass is 9.94. The van der Waals surface area contributed by atoms with Gasteiger partial charge in [-0.3, -0.25) is 14.5 Å². The van der Waals surface area contributed by atoms with E-state index >= 15 is 0 Å². The molecule has 1 saturated heterocycles. The van der Waals surface area contributed by atoms with Crippen molar-refractivity contribution in [2.45, 2.75) is 26.5 Å². The average molecular weight is 645 g/mol. The van der Waals surface area contributed by atoms with Crippen molar-refractivity contribution in [3.8, 4) is 23.0 Å². The SMILES string of the molecule is COC(=O)c1sc(N2C(=O)C(=O)/C(=C(/O)c3ccc(OCc4ccccc4)c(C)c3)C2c2cc(OC)c(OC)c(OC)c2)nc1C. The van der Waals surface area contributed by atoms with E-state index in [2.05, 4.69) is 4.98 Å². The third kappa shape index (κ3) is 5.86. The first-order valence-electron chi connectivity index (χ1n) is 14.1. The predicted molar refractivity (Wildman–Crippen MR) is 171 cm³/mol. The van der Waals surface area contributed by atoms with Crippen LogP contribution in [0.25, 0.3) is 5.76 Å². The Labute approximate surface area is 269 Å². The summed E-state index contributed by atoms with van der Waals surface area (Å²) in [6.45, 7) is 3.76. The molecular formula is C34H32N2O9S. The van der Waals surface area contributed by atoms with Crippen LogP contribution in [0.1, 0.15) is 43.7 Å². The molecule has 12 heteroatoms. The van der Waals surface area contributed by atoms with E-state index in [-0.39, 0.29) is 27.1 Å². The number of aliphatic hydroxyl groups excluding tert-OH is 1. The fourth-order valence-corrected chi connectivity index (χ4v) is 6.23. The minimum Gasteiger partial charge on any atom is -0.507 e. The lowest BCUT2D eigenvalue weighted by Gasteiger charge is -2.24. The first kappa shape index (κ1) is 32.0. The molecule has 0 bridgehead atoms. The second-order valence-corrected chi connectivity index (χ2v) is 11.3. The minimum atomic E-state index is -1.18. The number of anilines is 1. The van der Waals surface area contributed by atoms with Gasteiger partial charge in [0.1, 0.15) is 23.0 Å². The van der Waals surface area contributed by atoms with E-state index in [4.69, 9.17) is 23.7 Å². The number of thiazole rings is 1. The fraction of sp³-hybridized carbons (Fsp3) is 0.235. The van der Waals surface area contributed by atoms with Crippen molar-refractivity contribution in [1.29, 1.82) is 0 Å². The van der Waals surface area contributed by atoms with Crippen molar-refractivity contribution in [3.63, 3.8) is 0 Å². The number of aryl methyl sites for hydroxylation is 2. The van der Waals surface area contributed by atoms with E-state index in [0.717, 1.165) is 21.8 Å². The number of aromatic nitrogens is 1. The summed E-state index contributed by atoms with van der Waals surface area (Å²) >= 11 is 0.898. The first-order valence-corrected chi connectivity index (χ1v) is 14.9. The van der Waals surface area contributed by atoms with Gasteiger partial charge in [0.15, 0.2) is 16.6 Å². The Morgan fingerprint density at radius 3 is 2.17 bits per heavy atom. The average Bonchev–Trinajstić information content (AvgIpc) is 3.58. The van der Waals surface area contributed by atoms with Crippen LogP contribution in [0.4, 0.5) is 5.13 Å². The number of ether oxygens (including phenoxy) is 5. The van der Waals surface area contributed by atoms with E-state index in [9.17, 15) is 19.5 Å². The zero-order valence-electron chi connectivity index (χ0n) is 26.1. The molecule has 46 heavy (non-hydrogen) atoms. The number of hydrogen-bond acceptors (Lipinski definition) is 11. The molecule has 0 radical (unpaired) electrons. The molecular weight excluding hydrogens is 612 g/mol. The summed E-state index contributed by atoms with van der Waals surface area (Å²) in [7, 11) is 5.57. The molecule has 3 aromatic carbocycles. The van der Waals surface area contributed by atoms with Gasteiger partial charge in [-0.25, -0.2) is 9.78 Å². The van der Waals surface area contributed by atoms with Gasteiger partial charge in [-0.15, -0.1) is 0 Å². The van der Waals surface area contributed by atoms with Gasteiger partial charge in [-0.05, 0) is 60.9 Å². The molecule has 1 aromatic heterocycles. The summed E-state index contributed by atoms with van der Waals surface area (Å²) in [5.74, 6) is -1.49. The summed E-state index contributed by atoms with van der Waals surface area (Å²) in [4.78, 5) is 45.7. The molecule has 1 N–H and O–H groups in total. The highest BCUT2D eigenvalue weighted by atomic mass is 32.1. The number of carbonyl (C=O) groups excluding carboxylic acids is 3. The Morgan fingerprint density at radius 2 is 1.59 bits per heavy atom. The van der Waals surface area contributed by atoms with E-state index in [1.54, 1.807) is 37.3 Å². The molecule has 2 heterocycles. The van der Waals surface area contributed by atoms with Crippen LogP contribution >= 0.6 is 11.3 Å². The third-order valence-electron chi connectivity index (χ3n) is 7.49. The highest BCUT2D eigenvalue weighted by molar-refractivity contribution is 7.17. The van der Waals surface area contributed by atoms with Crippen molar-refractivity contribution in [3.05, 3.63) is 99.1 Å². The zero-order valence-corrected chi connectivity index (χ0v) is 26.9. The molecule has 1 atom stereocenters. The molecule has 1 aliphatic heterocycles. The number of carbonyl (C=O) groups is 3. The number of rotatable bonds is 10. The van der Waals surface area contributed by atoms with Crippen LogP contribution in [0, 0.1) is 13.8 Å². The summed E-state index contributed by atoms with van der Waals surface area (Å²) in [5.41, 5.74) is 2.49. The fourth-order valence-electron chi connectivity index (χ4n) is 5.22. The second kappa shape index (κ2) is 13.3. The van der Waals surface area contributed by atoms with Crippen LogP contribution in [0.3, 0.4) is 0 Å². The van der Waals surface area contributed by atoms with E-state index in [1.165, 1.54) is 28.4 Å². The van der Waals surface area contributed by atoms with Crippen LogP contribution in [0.15, 0.2) is 66.2 Å². The number of aliphatic hydroxyl groups is 1. The molecule has 0 spiro atoms. The highest BCUT2D eigenvalue weighted by Crippen LogP contribution is 2.48. The van der Waals surface area contributed by atoms with Gasteiger partial charge in [-0.1, -0.05) is 41.7 Å². The molecule has 4 aromatic rings. The van der Waals surface area contributed by atoms with Crippen molar-refractivity contribution in [2.75, 3.05) is 33.3 Å². The van der Waals surface area contributed by atoms with Gasteiger partial charge in [-0.2, -0.15) is 0 Å². The Kier molecular flexibility index (Phi) is 9.28. The maximum absolute atomic E-state index is 13.8. The first-order chi connectivity index (χ1) is 22.1. The van der Waals surface area contributed by atoms with Crippen molar-refractivity contribution >= 4 is 39.9 Å². The molecule has 0 saturated carbocycles. The van der Waals surface area contributed by atoms with Crippen molar-refractivity contribution in [2.24, 2.45) is 0 Å². The number of hydrogen-bond donors (Lipinski definition) is 1. The van der Waals surface area contributed by atoms with E-state index < -0.39 is 29.5 Å². The van der Waals surface area contributed by atoms with Crippen LogP contribution in [-0.2, 0) is 20.9 Å². The Balaban J connectivity index is 1.65. The standard InChI is InChI=1S/C34H32N2O9S/c1-18-14-21(12-13-23(18)45-17-20-10-8-7-9-11-20)28(37)26-27(22-15-24(41-3)30(43-5)25(16-22)42-4)36(32(39)29(26)38)34-35-19(2)31(46-34)33(40)44-6/h7-16,27,37H,17H2,1-6H3/b28-26+. The van der Waals surface area contributed by atoms with E-state index in [1.807, 2.05) is 37.3 Å². The molecule has 1 unspecified atom stereocenters. The van der Waals surface area contributed by atoms with Crippen LogP contribution < -0.4 is 23.8 Å². The monoisotopic (exact) mass is 644 g/mol. The molecule has 11 nitrogen and oxygen atoms in total. The number of ketones is 1. The number of amides is 1. The number of benzene rings is 3. The molecule has 1 amide bonds. The van der Waals surface area contributed by atoms with Gasteiger partial charge in [0.05, 0.1) is 45.7 Å². The number of esters is 1. The largest absolute Gasteiger partial charge is 0.507 e. The number of Topliss-reactive ketones (excluding diaryl/α,β-unsaturated/α-hetero) is 1. The number of nitrogens with zero attached hydrogens (tertiary/aromatic N) is 2. The summed E-state index contributed by atoms with van der Waals surface area (Å²) < 4.78 is 27.4. The maximum Gasteiger partial charge on any atom is 0.350 e. The molecule has 0 aliphatic carbocycles. The maximum atomic E-state index is 13.8. The van der Waals surface area contributed by atoms with Crippen molar-refractivity contribution < 1.29 is 43.2 Å². The molecule has 1 aliphatic rings. The predicted octanol–water partition coefficient (Wildman–Crippen LogP) is 5.78. The van der Waals surface area contributed by atoms with Crippen LogP contribution in [0.5, 0.6) is 23.0 Å². The molecule has 1 fully saturated rings. The molecule has 5 rings (SSSR count). The van der Waals surface area contributed by atoms with Crippen molar-refractivity contribution in [1.82, 2.24) is 4.98 Å². The van der Waals surface area contributed by atoms with Gasteiger partial charge in [0.2, 0.25) is 5.75 Å². The zero-order chi connectivity index (χ0) is 33.1. The Morgan fingerprint density at radius 1 is 0.913 bits per heavy atom. The van der Waals surface area contributed by atoms with Gasteiger partial charge < -0.3 is 28.8 Å². The third-order valence-corrected chi connectivity index (χ3v) is 8.63. The highest BCUT2D eigenvalue weighted by Gasteiger charge is 2.49. The van der Waals surface area contributed by atoms with Crippen LogP contribution in [0.2, 0.25) is 0 Å². The van der Waals surface area contributed by atoms with E-state index in [0.29, 0.717) is 40.5 Å². The Bertz CT molecular complexity index is 1820. The number of methoxy groups -OCH3 is 4. The van der Waals surface area contributed by atoms with Gasteiger partial charge in [0.25, 0.3) is 5.78 Å². The Hall–Kier alpha value is -5.36. The van der Waals surface area contributed by atoms with Crippen LogP contribution in [-0.4, -0.2) is 56.2 Å². The second-order valence-electron chi connectivity index (χ2n) is 10.3. The lowest BCUT2D eigenvalue weighted by Crippen LogP contribution is -2.29. The summed E-state index contributed by atoms with van der Waals surface area (Å²) in [5, 5.41) is 11.8. The topological polar surface area (TPSA) is 134 Å². The quantitative estimate of drug-likeness (QED) is 0.0981. The van der Waals surface area contributed by atoms with Gasteiger partial charge in [0, 0.05) is 5.56 Å². The summed E-state index contributed by atoms with van der Waals surface area (Å²) in [6.07, 6.45) is 0. The molecule has 238 valence electrons. The van der Waals surface area contributed by atoms with Gasteiger partial charge >= 0.3 is 11.9 Å². The smallest absolute Gasteiger partial charge is 0.350 e. The summed E-state index contributed by atoms with van der Waals surface area (Å²) in [6, 6.07) is 16.7. The lowest BCUT2D eigenvalue weighted by molar-refractivity contribution is -0.132.